The average Bonchev–Trinajstić information content (AvgIpc) is 3.00. The van der Waals surface area contributed by atoms with Crippen molar-refractivity contribution in [3.8, 4) is 21.9 Å². The highest BCUT2D eigenvalue weighted by Crippen LogP contribution is 2.36. The summed E-state index contributed by atoms with van der Waals surface area (Å²) in [7, 11) is 0. The maximum Gasteiger partial charge on any atom is 0.203 e. The third-order valence-electron chi connectivity index (χ3n) is 3.78. The van der Waals surface area contributed by atoms with Gasteiger partial charge >= 0.3 is 0 Å². The molecule has 132 valence electrons. The molecule has 26 heavy (non-hydrogen) atoms. The third-order valence-corrected chi connectivity index (χ3v) is 4.98. The highest BCUT2D eigenvalue weighted by molar-refractivity contribution is 7.18. The third kappa shape index (κ3) is 3.98. The standard InChI is InChI=1S/C19H16ClN3O2S/c20-15-5-2-13(3-6-15)11-22-23-19-21-12-18(26-19)14-4-7-16-17(10-14)25-9-1-8-24-16/h2-7,10-12H,1,8-9H2,(H,21,23)/b22-11+. The number of thiazole rings is 1. The molecule has 0 aliphatic carbocycles. The second-order valence-corrected chi connectivity index (χ2v) is 7.13. The van der Waals surface area contributed by atoms with Gasteiger partial charge in [0.15, 0.2) is 11.5 Å². The molecule has 0 saturated carbocycles. The van der Waals surface area contributed by atoms with Gasteiger partial charge in [-0.25, -0.2) is 4.98 Å². The number of ether oxygens (including phenoxy) is 2. The van der Waals surface area contributed by atoms with Crippen LogP contribution in [-0.4, -0.2) is 24.4 Å². The van der Waals surface area contributed by atoms with Gasteiger partial charge in [0.25, 0.3) is 0 Å². The number of hydrazone groups is 1. The molecular formula is C19H16ClN3O2S. The van der Waals surface area contributed by atoms with E-state index in [1.54, 1.807) is 6.21 Å². The average molecular weight is 386 g/mol. The van der Waals surface area contributed by atoms with Gasteiger partial charge in [-0.1, -0.05) is 35.1 Å². The van der Waals surface area contributed by atoms with Gasteiger partial charge in [-0.2, -0.15) is 5.10 Å². The van der Waals surface area contributed by atoms with Crippen LogP contribution in [0.5, 0.6) is 11.5 Å². The number of hydrogen-bond donors (Lipinski definition) is 1. The van der Waals surface area contributed by atoms with Crippen molar-refractivity contribution in [1.82, 2.24) is 4.98 Å². The van der Waals surface area contributed by atoms with Crippen LogP contribution in [0.4, 0.5) is 5.13 Å². The first kappa shape index (κ1) is 16.9. The van der Waals surface area contributed by atoms with Crippen LogP contribution in [0, 0.1) is 0 Å². The number of hydrogen-bond acceptors (Lipinski definition) is 6. The lowest BCUT2D eigenvalue weighted by atomic mass is 10.2. The first-order valence-corrected chi connectivity index (χ1v) is 9.38. The van der Waals surface area contributed by atoms with Crippen molar-refractivity contribution >= 4 is 34.3 Å². The Bertz CT molecular complexity index is 925. The predicted octanol–water partition coefficient (Wildman–Crippen LogP) is 5.07. The van der Waals surface area contributed by atoms with Crippen molar-refractivity contribution < 1.29 is 9.47 Å². The van der Waals surface area contributed by atoms with Gasteiger partial charge in [-0.3, -0.25) is 5.43 Å². The van der Waals surface area contributed by atoms with Crippen LogP contribution in [0.3, 0.4) is 0 Å². The summed E-state index contributed by atoms with van der Waals surface area (Å²) in [5, 5.41) is 5.64. The van der Waals surface area contributed by atoms with Crippen molar-refractivity contribution in [3.05, 3.63) is 59.2 Å². The molecule has 0 saturated heterocycles. The largest absolute Gasteiger partial charge is 0.490 e. The SMILES string of the molecule is Clc1ccc(/C=N/Nc2ncc(-c3ccc4c(c3)OCCCO4)s2)cc1. The highest BCUT2D eigenvalue weighted by Gasteiger charge is 2.12. The second kappa shape index (κ2) is 7.76. The number of benzene rings is 2. The molecule has 2 aromatic carbocycles. The summed E-state index contributed by atoms with van der Waals surface area (Å²) in [5.74, 6) is 1.57. The molecule has 1 aromatic heterocycles. The van der Waals surface area contributed by atoms with Crippen molar-refractivity contribution in [2.24, 2.45) is 5.10 Å². The molecule has 0 atom stereocenters. The molecule has 3 aromatic rings. The monoisotopic (exact) mass is 385 g/mol. The van der Waals surface area contributed by atoms with Crippen LogP contribution in [0.2, 0.25) is 5.02 Å². The summed E-state index contributed by atoms with van der Waals surface area (Å²) in [6, 6.07) is 13.4. The minimum atomic E-state index is 0.672. The van der Waals surface area contributed by atoms with Crippen molar-refractivity contribution in [2.45, 2.75) is 6.42 Å². The molecule has 1 N–H and O–H groups in total. The Balaban J connectivity index is 1.46. The van der Waals surface area contributed by atoms with Gasteiger partial charge in [0, 0.05) is 17.6 Å². The Kier molecular flexibility index (Phi) is 5.04. The smallest absolute Gasteiger partial charge is 0.203 e. The Labute approximate surface area is 160 Å². The van der Waals surface area contributed by atoms with Gasteiger partial charge in [0.1, 0.15) is 0 Å². The molecule has 7 heteroatoms. The van der Waals surface area contributed by atoms with Gasteiger partial charge in [-0.05, 0) is 41.5 Å². The number of aromatic nitrogens is 1. The van der Waals surface area contributed by atoms with E-state index in [1.165, 1.54) is 11.3 Å². The lowest BCUT2D eigenvalue weighted by Crippen LogP contribution is -1.97. The minimum absolute atomic E-state index is 0.672. The van der Waals surface area contributed by atoms with E-state index in [0.29, 0.717) is 18.2 Å². The fourth-order valence-corrected chi connectivity index (χ4v) is 3.37. The van der Waals surface area contributed by atoms with Crippen LogP contribution >= 0.6 is 22.9 Å². The molecular weight excluding hydrogens is 370 g/mol. The van der Waals surface area contributed by atoms with E-state index in [-0.39, 0.29) is 0 Å². The molecule has 5 nitrogen and oxygen atoms in total. The fourth-order valence-electron chi connectivity index (χ4n) is 2.49. The minimum Gasteiger partial charge on any atom is -0.490 e. The summed E-state index contributed by atoms with van der Waals surface area (Å²) in [5.41, 5.74) is 4.96. The zero-order valence-electron chi connectivity index (χ0n) is 13.8. The maximum atomic E-state index is 5.87. The van der Waals surface area contributed by atoms with E-state index in [0.717, 1.165) is 39.1 Å². The van der Waals surface area contributed by atoms with Crippen LogP contribution in [0.25, 0.3) is 10.4 Å². The summed E-state index contributed by atoms with van der Waals surface area (Å²) in [6.45, 7) is 1.36. The highest BCUT2D eigenvalue weighted by atomic mass is 35.5. The predicted molar refractivity (Wildman–Crippen MR) is 106 cm³/mol. The Morgan fingerprint density at radius 3 is 2.73 bits per heavy atom. The Morgan fingerprint density at radius 2 is 1.88 bits per heavy atom. The summed E-state index contributed by atoms with van der Waals surface area (Å²) in [4.78, 5) is 5.40. The first-order chi connectivity index (χ1) is 12.8. The Hall–Kier alpha value is -2.57. The topological polar surface area (TPSA) is 55.7 Å². The van der Waals surface area contributed by atoms with E-state index in [2.05, 4.69) is 15.5 Å². The van der Waals surface area contributed by atoms with Crippen molar-refractivity contribution in [1.29, 1.82) is 0 Å². The molecule has 0 radical (unpaired) electrons. The zero-order valence-corrected chi connectivity index (χ0v) is 15.4. The zero-order chi connectivity index (χ0) is 17.8. The number of halogens is 1. The van der Waals surface area contributed by atoms with Gasteiger partial charge in [0.2, 0.25) is 5.13 Å². The molecule has 0 bridgehead atoms. The summed E-state index contributed by atoms with van der Waals surface area (Å²) in [6.07, 6.45) is 4.44. The number of nitrogens with one attached hydrogen (secondary N) is 1. The fraction of sp³-hybridized carbons (Fsp3) is 0.158. The summed E-state index contributed by atoms with van der Waals surface area (Å²) >= 11 is 7.40. The number of rotatable bonds is 4. The van der Waals surface area contributed by atoms with E-state index in [1.807, 2.05) is 48.7 Å². The molecule has 0 amide bonds. The van der Waals surface area contributed by atoms with Crippen molar-refractivity contribution in [2.75, 3.05) is 18.6 Å². The number of nitrogens with zero attached hydrogens (tertiary/aromatic N) is 2. The van der Waals surface area contributed by atoms with E-state index in [4.69, 9.17) is 21.1 Å². The van der Waals surface area contributed by atoms with E-state index >= 15 is 0 Å². The van der Waals surface area contributed by atoms with Gasteiger partial charge < -0.3 is 9.47 Å². The lowest BCUT2D eigenvalue weighted by Gasteiger charge is -2.08. The van der Waals surface area contributed by atoms with Gasteiger partial charge in [0.05, 0.1) is 24.3 Å². The molecule has 0 spiro atoms. The van der Waals surface area contributed by atoms with Crippen LogP contribution < -0.4 is 14.9 Å². The van der Waals surface area contributed by atoms with Crippen LogP contribution in [0.15, 0.2) is 53.8 Å². The molecule has 1 aliphatic heterocycles. The summed E-state index contributed by atoms with van der Waals surface area (Å²) < 4.78 is 11.4. The van der Waals surface area contributed by atoms with Crippen LogP contribution in [0.1, 0.15) is 12.0 Å². The molecule has 1 aliphatic rings. The normalized spacial score (nSPS) is 13.6. The first-order valence-electron chi connectivity index (χ1n) is 8.18. The Morgan fingerprint density at radius 1 is 1.08 bits per heavy atom. The molecule has 0 unspecified atom stereocenters. The second-order valence-electron chi connectivity index (χ2n) is 5.66. The number of anilines is 1. The van der Waals surface area contributed by atoms with Crippen molar-refractivity contribution in [3.63, 3.8) is 0 Å². The molecule has 2 heterocycles. The van der Waals surface area contributed by atoms with Gasteiger partial charge in [-0.15, -0.1) is 0 Å². The van der Waals surface area contributed by atoms with E-state index in [9.17, 15) is 0 Å². The number of fused-ring (bicyclic) bond motifs is 1. The van der Waals surface area contributed by atoms with Crippen LogP contribution in [-0.2, 0) is 0 Å². The molecule has 0 fully saturated rings. The quantitative estimate of drug-likeness (QED) is 0.503. The van der Waals surface area contributed by atoms with E-state index < -0.39 is 0 Å². The molecule has 4 rings (SSSR count). The lowest BCUT2D eigenvalue weighted by molar-refractivity contribution is 0.297. The maximum absolute atomic E-state index is 5.87.